The fraction of sp³-hybridized carbons (Fsp3) is 0.560. The fourth-order valence-electron chi connectivity index (χ4n) is 4.58. The Labute approximate surface area is 188 Å². The van der Waals surface area contributed by atoms with Crippen molar-refractivity contribution in [1.29, 1.82) is 0 Å². The Morgan fingerprint density at radius 1 is 0.906 bits per heavy atom. The second-order valence-electron chi connectivity index (χ2n) is 10.5. The minimum Gasteiger partial charge on any atom is -0.511 e. The Morgan fingerprint density at radius 2 is 1.44 bits per heavy atom. The van der Waals surface area contributed by atoms with Gasteiger partial charge in [0.1, 0.15) is 28.6 Å². The number of aromatic hydroxyl groups is 3. The lowest BCUT2D eigenvalue weighted by molar-refractivity contribution is -0.144. The summed E-state index contributed by atoms with van der Waals surface area (Å²) in [7, 11) is 0. The molecule has 0 saturated carbocycles. The Hall–Kier alpha value is -2.83. The van der Waals surface area contributed by atoms with Gasteiger partial charge in [0.2, 0.25) is 0 Å². The summed E-state index contributed by atoms with van der Waals surface area (Å²) >= 11 is 0. The predicted octanol–water partition coefficient (Wildman–Crippen LogP) is 4.79. The number of ketones is 3. The number of hydrogen-bond donors (Lipinski definition) is 4. The average molecular weight is 447 g/mol. The van der Waals surface area contributed by atoms with Gasteiger partial charge in [-0.05, 0) is 39.5 Å². The Kier molecular flexibility index (Phi) is 6.57. The number of aliphatic hydroxyl groups excluding tert-OH is 1. The summed E-state index contributed by atoms with van der Waals surface area (Å²) in [6, 6.07) is 0.963. The van der Waals surface area contributed by atoms with Crippen molar-refractivity contribution in [3.05, 3.63) is 28.5 Å². The zero-order chi connectivity index (χ0) is 24.9. The molecule has 7 nitrogen and oxygen atoms in total. The number of phenols is 3. The molecule has 0 aromatic heterocycles. The average Bonchev–Trinajstić information content (AvgIpc) is 2.63. The number of benzene rings is 1. The highest BCUT2D eigenvalue weighted by Crippen LogP contribution is 2.53. The van der Waals surface area contributed by atoms with E-state index >= 15 is 0 Å². The number of carbonyl (C=O) groups is 3. The number of rotatable bonds is 6. The van der Waals surface area contributed by atoms with Crippen LogP contribution in [-0.2, 0) is 9.59 Å². The van der Waals surface area contributed by atoms with Crippen LogP contribution in [0.3, 0.4) is 0 Å². The van der Waals surface area contributed by atoms with E-state index < -0.39 is 63.0 Å². The van der Waals surface area contributed by atoms with Crippen molar-refractivity contribution < 1.29 is 34.8 Å². The summed E-state index contributed by atoms with van der Waals surface area (Å²) in [6.07, 6.45) is 0.0547. The van der Waals surface area contributed by atoms with E-state index in [0.29, 0.717) is 0 Å². The standard InChI is InChI=1S/C25H34O7/c1-11(2)9-13(26)17-14(27)10-15(28)18(20(17)29)16(12(3)4)19-21(30)24(5,6)23(32)25(7,8)22(19)31/h10-12,16,27-30H,9H2,1-8H3/t16-/m1/s1. The quantitative estimate of drug-likeness (QED) is 0.365. The monoisotopic (exact) mass is 446 g/mol. The molecule has 0 unspecified atom stereocenters. The minimum absolute atomic E-state index is 0.0428. The molecule has 0 amide bonds. The number of phenolic OH excluding ortho intramolecular Hbond substituents is 3. The van der Waals surface area contributed by atoms with E-state index in [9.17, 15) is 34.8 Å². The highest BCUT2D eigenvalue weighted by Gasteiger charge is 2.55. The summed E-state index contributed by atoms with van der Waals surface area (Å²) < 4.78 is 0. The fourth-order valence-corrected chi connectivity index (χ4v) is 4.58. The van der Waals surface area contributed by atoms with Crippen molar-refractivity contribution >= 4 is 17.3 Å². The van der Waals surface area contributed by atoms with Crippen LogP contribution in [0.1, 0.15) is 83.7 Å². The van der Waals surface area contributed by atoms with E-state index in [1.807, 2.05) is 13.8 Å². The molecule has 1 aliphatic carbocycles. The second kappa shape index (κ2) is 8.26. The zero-order valence-electron chi connectivity index (χ0n) is 20.0. The van der Waals surface area contributed by atoms with E-state index in [2.05, 4.69) is 0 Å². The van der Waals surface area contributed by atoms with Crippen LogP contribution < -0.4 is 0 Å². The minimum atomic E-state index is -1.43. The van der Waals surface area contributed by atoms with Gasteiger partial charge in [0.05, 0.1) is 10.8 Å². The first kappa shape index (κ1) is 25.4. The van der Waals surface area contributed by atoms with E-state index in [1.165, 1.54) is 27.7 Å². The van der Waals surface area contributed by atoms with Crippen molar-refractivity contribution in [3.8, 4) is 17.2 Å². The maximum absolute atomic E-state index is 13.4. The Bertz CT molecular complexity index is 1010. The van der Waals surface area contributed by atoms with Crippen LogP contribution in [0, 0.1) is 22.7 Å². The first-order chi connectivity index (χ1) is 14.5. The topological polar surface area (TPSA) is 132 Å². The predicted molar refractivity (Wildman–Crippen MR) is 120 cm³/mol. The molecule has 0 fully saturated rings. The molecule has 0 aliphatic heterocycles. The van der Waals surface area contributed by atoms with Crippen LogP contribution in [0.5, 0.6) is 17.2 Å². The van der Waals surface area contributed by atoms with Crippen molar-refractivity contribution in [2.75, 3.05) is 0 Å². The smallest absolute Gasteiger partial charge is 0.175 e. The van der Waals surface area contributed by atoms with Crippen LogP contribution >= 0.6 is 0 Å². The number of allylic oxidation sites excluding steroid dienone is 2. The highest BCUT2D eigenvalue weighted by atomic mass is 16.3. The molecule has 1 aliphatic rings. The van der Waals surface area contributed by atoms with Crippen LogP contribution in [-0.4, -0.2) is 37.8 Å². The van der Waals surface area contributed by atoms with Gasteiger partial charge in [-0.15, -0.1) is 0 Å². The number of carbonyl (C=O) groups excluding carboxylic acids is 3. The molecule has 0 bridgehead atoms. The molecule has 7 heteroatoms. The van der Waals surface area contributed by atoms with Gasteiger partial charge in [-0.2, -0.15) is 0 Å². The van der Waals surface area contributed by atoms with Gasteiger partial charge >= 0.3 is 0 Å². The van der Waals surface area contributed by atoms with Gasteiger partial charge in [0.25, 0.3) is 0 Å². The molecule has 0 heterocycles. The van der Waals surface area contributed by atoms with Crippen molar-refractivity contribution in [3.63, 3.8) is 0 Å². The maximum atomic E-state index is 13.4. The van der Waals surface area contributed by atoms with E-state index in [0.717, 1.165) is 6.07 Å². The van der Waals surface area contributed by atoms with Crippen molar-refractivity contribution in [1.82, 2.24) is 0 Å². The normalized spacial score (nSPS) is 19.1. The summed E-state index contributed by atoms with van der Waals surface area (Å²) in [5.41, 5.74) is -3.36. The first-order valence-electron chi connectivity index (χ1n) is 10.8. The molecule has 2 rings (SSSR count). The maximum Gasteiger partial charge on any atom is 0.175 e. The molecule has 0 radical (unpaired) electrons. The lowest BCUT2D eigenvalue weighted by Crippen LogP contribution is -2.50. The summed E-state index contributed by atoms with van der Waals surface area (Å²) in [6.45, 7) is 13.1. The molecule has 1 aromatic carbocycles. The molecule has 1 aromatic rings. The third-order valence-electron chi connectivity index (χ3n) is 6.25. The van der Waals surface area contributed by atoms with Gasteiger partial charge in [-0.1, -0.05) is 27.7 Å². The van der Waals surface area contributed by atoms with Gasteiger partial charge in [0.15, 0.2) is 17.3 Å². The third-order valence-corrected chi connectivity index (χ3v) is 6.25. The summed E-state index contributed by atoms with van der Waals surface area (Å²) in [5.74, 6) is -5.20. The molecular weight excluding hydrogens is 412 g/mol. The molecule has 0 spiro atoms. The largest absolute Gasteiger partial charge is 0.511 e. The summed E-state index contributed by atoms with van der Waals surface area (Å²) in [5, 5.41) is 43.1. The van der Waals surface area contributed by atoms with Crippen molar-refractivity contribution in [2.24, 2.45) is 22.7 Å². The van der Waals surface area contributed by atoms with Crippen LogP contribution in [0.15, 0.2) is 17.4 Å². The SMILES string of the molecule is CC(C)CC(=O)c1c(O)cc(O)c([C@H](C2=C(O)C(C)(C)C(=O)C(C)(C)C2=O)C(C)C)c1O. The zero-order valence-corrected chi connectivity index (χ0v) is 20.0. The molecule has 1 atom stereocenters. The second-order valence-corrected chi connectivity index (χ2v) is 10.5. The van der Waals surface area contributed by atoms with Crippen LogP contribution in [0.25, 0.3) is 0 Å². The molecule has 4 N–H and O–H groups in total. The summed E-state index contributed by atoms with van der Waals surface area (Å²) in [4.78, 5) is 39.0. The van der Waals surface area contributed by atoms with E-state index in [1.54, 1.807) is 13.8 Å². The Balaban J connectivity index is 2.90. The number of hydrogen-bond acceptors (Lipinski definition) is 7. The lowest BCUT2D eigenvalue weighted by Gasteiger charge is -2.41. The van der Waals surface area contributed by atoms with Gasteiger partial charge in [-0.25, -0.2) is 0 Å². The third kappa shape index (κ3) is 3.89. The van der Waals surface area contributed by atoms with Gasteiger partial charge in [-0.3, -0.25) is 14.4 Å². The lowest BCUT2D eigenvalue weighted by atomic mass is 9.60. The van der Waals surface area contributed by atoms with E-state index in [-0.39, 0.29) is 29.0 Å². The van der Waals surface area contributed by atoms with Gasteiger partial charge in [0, 0.05) is 29.5 Å². The molecule has 0 saturated heterocycles. The van der Waals surface area contributed by atoms with Crippen LogP contribution in [0.2, 0.25) is 0 Å². The van der Waals surface area contributed by atoms with E-state index in [4.69, 9.17) is 0 Å². The highest BCUT2D eigenvalue weighted by molar-refractivity contribution is 6.19. The Morgan fingerprint density at radius 3 is 1.91 bits per heavy atom. The van der Waals surface area contributed by atoms with Crippen LogP contribution in [0.4, 0.5) is 0 Å². The van der Waals surface area contributed by atoms with Crippen molar-refractivity contribution in [2.45, 2.75) is 67.7 Å². The first-order valence-corrected chi connectivity index (χ1v) is 10.8. The molecular formula is C25H34O7. The molecule has 32 heavy (non-hydrogen) atoms. The number of aliphatic hydroxyl groups is 1. The molecule has 176 valence electrons. The van der Waals surface area contributed by atoms with Gasteiger partial charge < -0.3 is 20.4 Å². The number of Topliss-reactive ketones (excluding diaryl/α,β-unsaturated/α-hetero) is 3.